The molecule has 0 bridgehead atoms. The van der Waals surface area contributed by atoms with Crippen LogP contribution in [0.15, 0.2) is 41.9 Å². The molecule has 1 saturated heterocycles. The smallest absolute Gasteiger partial charge is 0.321 e. The minimum Gasteiger partial charge on any atom is -0.497 e. The zero-order valence-corrected chi connectivity index (χ0v) is 20.5. The summed E-state index contributed by atoms with van der Waals surface area (Å²) in [5.41, 5.74) is 2.04. The van der Waals surface area contributed by atoms with Crippen molar-refractivity contribution in [3.05, 3.63) is 64.5 Å². The molecule has 184 valence electrons. The molecule has 4 rings (SSSR count). The summed E-state index contributed by atoms with van der Waals surface area (Å²) in [4.78, 5) is 34.2. The van der Waals surface area contributed by atoms with E-state index in [1.165, 1.54) is 23.6 Å². The third kappa shape index (κ3) is 5.68. The summed E-state index contributed by atoms with van der Waals surface area (Å²) in [5, 5.41) is 10.5. The summed E-state index contributed by atoms with van der Waals surface area (Å²) in [6, 6.07) is 8.67. The number of carbonyl (C=O) groups excluding carboxylic acids is 2. The van der Waals surface area contributed by atoms with Crippen LogP contribution in [-0.2, 0) is 16.8 Å². The summed E-state index contributed by atoms with van der Waals surface area (Å²) in [6.07, 6.45) is 1.49. The van der Waals surface area contributed by atoms with E-state index in [1.54, 1.807) is 12.0 Å². The molecule has 0 saturated carbocycles. The van der Waals surface area contributed by atoms with Gasteiger partial charge in [0.2, 0.25) is 5.91 Å². The summed E-state index contributed by atoms with van der Waals surface area (Å²) in [7, 11) is 1.63. The maximum absolute atomic E-state index is 14.6. The van der Waals surface area contributed by atoms with Crippen molar-refractivity contribution in [2.75, 3.05) is 37.0 Å². The molecule has 0 unspecified atom stereocenters. The molecule has 0 spiro atoms. The Kier molecular flexibility index (Phi) is 7.15. The topological polar surface area (TPSA) is 108 Å². The van der Waals surface area contributed by atoms with Crippen LogP contribution >= 0.6 is 11.3 Å². The fraction of sp³-hybridized carbons (Fsp3) is 0.333. The monoisotopic (exact) mass is 498 g/mol. The first-order valence-electron chi connectivity index (χ1n) is 11.1. The molecule has 2 aromatic heterocycles. The molecule has 1 aliphatic heterocycles. The maximum atomic E-state index is 14.6. The predicted octanol–water partition coefficient (Wildman–Crippen LogP) is 3.27. The van der Waals surface area contributed by atoms with E-state index in [0.29, 0.717) is 23.8 Å². The number of hydrogen-bond acceptors (Lipinski definition) is 7. The van der Waals surface area contributed by atoms with Gasteiger partial charge in [-0.1, -0.05) is 26.0 Å². The van der Waals surface area contributed by atoms with Gasteiger partial charge in [-0.25, -0.2) is 19.2 Å². The molecule has 11 heteroatoms. The number of carbonyl (C=O) groups is 2. The molecule has 35 heavy (non-hydrogen) atoms. The molecule has 1 aromatic carbocycles. The second-order valence-electron chi connectivity index (χ2n) is 8.62. The van der Waals surface area contributed by atoms with E-state index >= 15 is 0 Å². The van der Waals surface area contributed by atoms with Crippen LogP contribution in [0.1, 0.15) is 30.7 Å². The first kappa shape index (κ1) is 24.4. The Morgan fingerprint density at radius 1 is 1.31 bits per heavy atom. The second kappa shape index (κ2) is 10.3. The van der Waals surface area contributed by atoms with E-state index in [2.05, 4.69) is 39.8 Å². The number of halogens is 1. The lowest BCUT2D eigenvalue weighted by molar-refractivity contribution is -0.120. The Balaban J connectivity index is 1.34. The van der Waals surface area contributed by atoms with Gasteiger partial charge in [0.05, 0.1) is 19.3 Å². The van der Waals surface area contributed by atoms with Crippen molar-refractivity contribution >= 4 is 34.2 Å². The normalized spacial score (nSPS) is 13.8. The molecule has 0 radical (unpaired) electrons. The molecule has 9 nitrogen and oxygen atoms in total. The summed E-state index contributed by atoms with van der Waals surface area (Å²) >= 11 is 1.33. The first-order valence-corrected chi connectivity index (χ1v) is 12.0. The number of nitrogens with one attached hydrogen (secondary N) is 3. The number of amides is 3. The van der Waals surface area contributed by atoms with Crippen molar-refractivity contribution in [3.8, 4) is 5.75 Å². The highest BCUT2D eigenvalue weighted by molar-refractivity contribution is 7.13. The molecule has 3 N–H and O–H groups in total. The van der Waals surface area contributed by atoms with Gasteiger partial charge in [0.15, 0.2) is 16.8 Å². The summed E-state index contributed by atoms with van der Waals surface area (Å²) in [5.74, 6) is 0.204. The average molecular weight is 499 g/mol. The number of nitrogens with zero attached hydrogens (tertiary/aromatic N) is 3. The fourth-order valence-corrected chi connectivity index (χ4v) is 4.59. The number of rotatable bonds is 7. The van der Waals surface area contributed by atoms with Gasteiger partial charge in [0, 0.05) is 36.6 Å². The van der Waals surface area contributed by atoms with Gasteiger partial charge >= 0.3 is 6.03 Å². The van der Waals surface area contributed by atoms with Crippen LogP contribution in [0.3, 0.4) is 0 Å². The van der Waals surface area contributed by atoms with Crippen LogP contribution in [0.25, 0.3) is 0 Å². The summed E-state index contributed by atoms with van der Waals surface area (Å²) in [6.45, 7) is 5.21. The van der Waals surface area contributed by atoms with Crippen LogP contribution in [0, 0.1) is 5.82 Å². The van der Waals surface area contributed by atoms with E-state index in [4.69, 9.17) is 4.74 Å². The largest absolute Gasteiger partial charge is 0.497 e. The molecular formula is C24H27FN6O3S. The molecule has 3 aromatic rings. The lowest BCUT2D eigenvalue weighted by Crippen LogP contribution is -2.48. The van der Waals surface area contributed by atoms with E-state index in [0.717, 1.165) is 17.0 Å². The molecule has 3 amide bonds. The molecule has 1 aliphatic rings. The van der Waals surface area contributed by atoms with Crippen LogP contribution in [0.4, 0.5) is 20.1 Å². The van der Waals surface area contributed by atoms with Gasteiger partial charge < -0.3 is 20.3 Å². The number of hydrogen-bond donors (Lipinski definition) is 3. The maximum Gasteiger partial charge on any atom is 0.321 e. The van der Waals surface area contributed by atoms with Crippen LogP contribution in [0.5, 0.6) is 5.75 Å². The molecule has 1 fully saturated rings. The number of pyridine rings is 1. The zero-order chi connectivity index (χ0) is 25.0. The third-order valence-electron chi connectivity index (χ3n) is 5.85. The van der Waals surface area contributed by atoms with Gasteiger partial charge in [-0.3, -0.25) is 10.1 Å². The standard InChI is InChI=1S/C24H27FN6O3S/c1-24(2,16-4-6-17(34-3)7-5-16)19-14-35-23(29-19)30-22(33)28-12-15-10-18(25)21(27-11-15)31-9-8-26-20(32)13-31/h4-7,10-11,14H,8-9,12-13H2,1-3H3,(H,26,32)(H2,28,29,30,33). The van der Waals surface area contributed by atoms with Crippen molar-refractivity contribution in [1.29, 1.82) is 0 Å². The Bertz CT molecular complexity index is 1210. The van der Waals surface area contributed by atoms with Crippen molar-refractivity contribution in [1.82, 2.24) is 20.6 Å². The number of anilines is 2. The summed E-state index contributed by atoms with van der Waals surface area (Å²) < 4.78 is 19.8. The van der Waals surface area contributed by atoms with Gasteiger partial charge in [-0.15, -0.1) is 11.3 Å². The number of piperazine rings is 1. The van der Waals surface area contributed by atoms with Gasteiger partial charge in [-0.2, -0.15) is 0 Å². The predicted molar refractivity (Wildman–Crippen MR) is 133 cm³/mol. The van der Waals surface area contributed by atoms with Gasteiger partial charge in [0.25, 0.3) is 0 Å². The zero-order valence-electron chi connectivity index (χ0n) is 19.7. The Morgan fingerprint density at radius 2 is 2.09 bits per heavy atom. The Hall–Kier alpha value is -3.73. The second-order valence-corrected chi connectivity index (χ2v) is 9.48. The molecular weight excluding hydrogens is 471 g/mol. The lowest BCUT2D eigenvalue weighted by Gasteiger charge is -2.27. The minimum absolute atomic E-state index is 0.0645. The van der Waals surface area contributed by atoms with E-state index in [-0.39, 0.29) is 30.2 Å². The number of aromatic nitrogens is 2. The SMILES string of the molecule is COc1ccc(C(C)(C)c2csc(NC(=O)NCc3cnc(N4CCNC(=O)C4)c(F)c3)n2)cc1. The number of urea groups is 1. The highest BCUT2D eigenvalue weighted by atomic mass is 32.1. The fourth-order valence-electron chi connectivity index (χ4n) is 3.72. The van der Waals surface area contributed by atoms with E-state index in [9.17, 15) is 14.0 Å². The van der Waals surface area contributed by atoms with Gasteiger partial charge in [-0.05, 0) is 29.3 Å². The minimum atomic E-state index is -0.537. The van der Waals surface area contributed by atoms with Crippen molar-refractivity contribution in [2.45, 2.75) is 25.8 Å². The Morgan fingerprint density at radius 3 is 2.77 bits per heavy atom. The number of methoxy groups -OCH3 is 1. The van der Waals surface area contributed by atoms with Crippen molar-refractivity contribution in [3.63, 3.8) is 0 Å². The van der Waals surface area contributed by atoms with E-state index in [1.807, 2.05) is 29.6 Å². The molecule has 3 heterocycles. The van der Waals surface area contributed by atoms with Crippen LogP contribution in [-0.4, -0.2) is 48.7 Å². The molecule has 0 aliphatic carbocycles. The highest BCUT2D eigenvalue weighted by Crippen LogP contribution is 2.34. The molecule has 0 atom stereocenters. The quantitative estimate of drug-likeness (QED) is 0.462. The van der Waals surface area contributed by atoms with Gasteiger partial charge in [0.1, 0.15) is 5.75 Å². The van der Waals surface area contributed by atoms with Crippen molar-refractivity contribution in [2.24, 2.45) is 0 Å². The third-order valence-corrected chi connectivity index (χ3v) is 6.60. The van der Waals surface area contributed by atoms with Crippen LogP contribution < -0.4 is 25.6 Å². The van der Waals surface area contributed by atoms with E-state index < -0.39 is 11.8 Å². The first-order chi connectivity index (χ1) is 16.8. The average Bonchev–Trinajstić information content (AvgIpc) is 3.32. The van der Waals surface area contributed by atoms with Crippen molar-refractivity contribution < 1.29 is 18.7 Å². The number of thiazole rings is 1. The number of ether oxygens (including phenoxy) is 1. The lowest BCUT2D eigenvalue weighted by atomic mass is 9.82. The Labute approximate surface area is 206 Å². The highest BCUT2D eigenvalue weighted by Gasteiger charge is 2.26. The van der Waals surface area contributed by atoms with Crippen LogP contribution in [0.2, 0.25) is 0 Å². The number of benzene rings is 1.